The first-order valence-electron chi connectivity index (χ1n) is 7.36. The van der Waals surface area contributed by atoms with E-state index in [9.17, 15) is 5.26 Å². The molecule has 1 aliphatic heterocycles. The lowest BCUT2D eigenvalue weighted by Gasteiger charge is -2.33. The van der Waals surface area contributed by atoms with Gasteiger partial charge in [-0.2, -0.15) is 10.4 Å². The highest BCUT2D eigenvalue weighted by Gasteiger charge is 2.27. The molecule has 1 fully saturated rings. The lowest BCUT2D eigenvalue weighted by Crippen LogP contribution is -2.39. The fourth-order valence-corrected chi connectivity index (χ4v) is 2.53. The second-order valence-electron chi connectivity index (χ2n) is 5.24. The van der Waals surface area contributed by atoms with Gasteiger partial charge < -0.3 is 9.64 Å². The SMILES string of the molecule is CCc1nc([C@@H]2CN(c3nccc(C)c3C#N)CCO2)n[nH]1. The molecule has 22 heavy (non-hydrogen) atoms. The third-order valence-electron chi connectivity index (χ3n) is 3.79. The maximum absolute atomic E-state index is 9.37. The Morgan fingerprint density at radius 2 is 2.41 bits per heavy atom. The molecule has 1 N–H and O–H groups in total. The van der Waals surface area contributed by atoms with Crippen LogP contribution in [0, 0.1) is 18.3 Å². The van der Waals surface area contributed by atoms with E-state index >= 15 is 0 Å². The second kappa shape index (κ2) is 6.12. The van der Waals surface area contributed by atoms with Crippen LogP contribution in [0.15, 0.2) is 12.3 Å². The molecule has 1 atom stereocenters. The Morgan fingerprint density at radius 1 is 1.55 bits per heavy atom. The number of nitriles is 1. The molecule has 1 aliphatic rings. The molecule has 0 bridgehead atoms. The van der Waals surface area contributed by atoms with E-state index in [0.29, 0.717) is 36.9 Å². The number of anilines is 1. The maximum Gasteiger partial charge on any atom is 0.181 e. The summed E-state index contributed by atoms with van der Waals surface area (Å²) in [4.78, 5) is 10.9. The molecule has 0 unspecified atom stereocenters. The third-order valence-corrected chi connectivity index (χ3v) is 3.79. The first-order chi connectivity index (χ1) is 10.7. The lowest BCUT2D eigenvalue weighted by atomic mass is 10.1. The molecule has 1 saturated heterocycles. The van der Waals surface area contributed by atoms with Gasteiger partial charge in [-0.15, -0.1) is 0 Å². The molecule has 0 amide bonds. The first-order valence-corrected chi connectivity index (χ1v) is 7.36. The van der Waals surface area contributed by atoms with Crippen LogP contribution >= 0.6 is 0 Å². The number of aromatic nitrogens is 4. The van der Waals surface area contributed by atoms with Crippen LogP contribution in [-0.4, -0.2) is 39.9 Å². The molecule has 2 aromatic heterocycles. The maximum atomic E-state index is 9.37. The summed E-state index contributed by atoms with van der Waals surface area (Å²) in [7, 11) is 0. The number of aromatic amines is 1. The van der Waals surface area contributed by atoms with Crippen LogP contribution in [0.2, 0.25) is 0 Å². The normalized spacial score (nSPS) is 18.2. The highest BCUT2D eigenvalue weighted by Crippen LogP contribution is 2.26. The molecule has 3 rings (SSSR count). The smallest absolute Gasteiger partial charge is 0.181 e. The number of morpholine rings is 1. The summed E-state index contributed by atoms with van der Waals surface area (Å²) in [5.41, 5.74) is 1.55. The van der Waals surface area contributed by atoms with Crippen molar-refractivity contribution in [1.82, 2.24) is 20.2 Å². The third kappa shape index (κ3) is 2.65. The molecule has 0 saturated carbocycles. The Bertz CT molecular complexity index is 704. The molecule has 2 aromatic rings. The van der Waals surface area contributed by atoms with E-state index in [1.54, 1.807) is 6.20 Å². The van der Waals surface area contributed by atoms with Gasteiger partial charge in [0.1, 0.15) is 23.8 Å². The molecule has 0 radical (unpaired) electrons. The monoisotopic (exact) mass is 298 g/mol. The number of H-pyrrole nitrogens is 1. The Kier molecular flexibility index (Phi) is 4.02. The van der Waals surface area contributed by atoms with Crippen molar-refractivity contribution in [2.75, 3.05) is 24.6 Å². The number of nitrogens with zero attached hydrogens (tertiary/aromatic N) is 5. The van der Waals surface area contributed by atoms with Gasteiger partial charge >= 0.3 is 0 Å². The highest BCUT2D eigenvalue weighted by molar-refractivity contribution is 5.57. The zero-order valence-corrected chi connectivity index (χ0v) is 12.7. The van der Waals surface area contributed by atoms with Crippen LogP contribution in [0.5, 0.6) is 0 Å². The Labute approximate surface area is 129 Å². The van der Waals surface area contributed by atoms with Gasteiger partial charge in [-0.25, -0.2) is 9.97 Å². The standard InChI is InChI=1S/C15H18N6O/c1-3-13-18-14(20-19-13)12-9-21(6-7-22-12)15-11(8-16)10(2)4-5-17-15/h4-5,12H,3,6-7,9H2,1-2H3,(H,18,19,20)/t12-/m0/s1. The van der Waals surface area contributed by atoms with Crippen molar-refractivity contribution in [2.45, 2.75) is 26.4 Å². The average molecular weight is 298 g/mol. The van der Waals surface area contributed by atoms with Gasteiger partial charge in [0, 0.05) is 19.2 Å². The average Bonchev–Trinajstić information content (AvgIpc) is 3.04. The van der Waals surface area contributed by atoms with Crippen molar-refractivity contribution < 1.29 is 4.74 Å². The summed E-state index contributed by atoms with van der Waals surface area (Å²) in [5.74, 6) is 2.22. The molecular weight excluding hydrogens is 280 g/mol. The number of nitrogens with one attached hydrogen (secondary N) is 1. The van der Waals surface area contributed by atoms with Crippen molar-refractivity contribution in [1.29, 1.82) is 5.26 Å². The van der Waals surface area contributed by atoms with E-state index in [1.807, 2.05) is 19.9 Å². The fraction of sp³-hybridized carbons (Fsp3) is 0.467. The topological polar surface area (TPSA) is 90.7 Å². The minimum atomic E-state index is -0.209. The summed E-state index contributed by atoms with van der Waals surface area (Å²) < 4.78 is 5.78. The van der Waals surface area contributed by atoms with Crippen LogP contribution in [0.1, 0.15) is 35.8 Å². The number of aryl methyl sites for hydroxylation is 2. The first kappa shape index (κ1) is 14.5. The molecule has 7 heteroatoms. The number of ether oxygens (including phenoxy) is 1. The lowest BCUT2D eigenvalue weighted by molar-refractivity contribution is 0.0339. The molecule has 114 valence electrons. The van der Waals surface area contributed by atoms with Gasteiger partial charge in [0.05, 0.1) is 18.7 Å². The van der Waals surface area contributed by atoms with E-state index in [0.717, 1.165) is 17.8 Å². The van der Waals surface area contributed by atoms with Gasteiger partial charge in [0.15, 0.2) is 5.82 Å². The zero-order valence-electron chi connectivity index (χ0n) is 12.7. The van der Waals surface area contributed by atoms with E-state index in [-0.39, 0.29) is 6.10 Å². The molecule has 7 nitrogen and oxygen atoms in total. The van der Waals surface area contributed by atoms with Crippen LogP contribution in [0.3, 0.4) is 0 Å². The Balaban J connectivity index is 1.84. The predicted molar refractivity (Wildman–Crippen MR) is 80.4 cm³/mol. The zero-order chi connectivity index (χ0) is 15.5. The molecule has 3 heterocycles. The molecule has 0 spiro atoms. The van der Waals surface area contributed by atoms with Crippen molar-refractivity contribution in [3.05, 3.63) is 35.0 Å². The summed E-state index contributed by atoms with van der Waals surface area (Å²) in [6, 6.07) is 4.10. The Hall–Kier alpha value is -2.46. The van der Waals surface area contributed by atoms with Crippen LogP contribution < -0.4 is 4.90 Å². The summed E-state index contributed by atoms with van der Waals surface area (Å²) in [6.07, 6.45) is 2.33. The van der Waals surface area contributed by atoms with Crippen molar-refractivity contribution in [2.24, 2.45) is 0 Å². The van der Waals surface area contributed by atoms with Crippen molar-refractivity contribution in [3.63, 3.8) is 0 Å². The van der Waals surface area contributed by atoms with Crippen molar-refractivity contribution in [3.8, 4) is 6.07 Å². The predicted octanol–water partition coefficient (Wildman–Crippen LogP) is 1.52. The fourth-order valence-electron chi connectivity index (χ4n) is 2.53. The Morgan fingerprint density at radius 3 is 3.14 bits per heavy atom. The van der Waals surface area contributed by atoms with E-state index in [2.05, 4.69) is 31.1 Å². The van der Waals surface area contributed by atoms with Crippen LogP contribution in [0.25, 0.3) is 0 Å². The summed E-state index contributed by atoms with van der Waals surface area (Å²) in [5, 5.41) is 16.5. The minimum absolute atomic E-state index is 0.209. The second-order valence-corrected chi connectivity index (χ2v) is 5.24. The van der Waals surface area contributed by atoms with Crippen LogP contribution in [-0.2, 0) is 11.2 Å². The summed E-state index contributed by atoms with van der Waals surface area (Å²) >= 11 is 0. The van der Waals surface area contributed by atoms with Gasteiger partial charge in [-0.3, -0.25) is 5.10 Å². The quantitative estimate of drug-likeness (QED) is 0.924. The highest BCUT2D eigenvalue weighted by atomic mass is 16.5. The largest absolute Gasteiger partial charge is 0.366 e. The number of hydrogen-bond donors (Lipinski definition) is 1. The van der Waals surface area contributed by atoms with Crippen molar-refractivity contribution >= 4 is 5.82 Å². The minimum Gasteiger partial charge on any atom is -0.366 e. The summed E-state index contributed by atoms with van der Waals surface area (Å²) in [6.45, 7) is 5.79. The number of hydrogen-bond acceptors (Lipinski definition) is 6. The number of rotatable bonds is 3. The molecule has 0 aliphatic carbocycles. The van der Waals surface area contributed by atoms with Gasteiger partial charge in [0.25, 0.3) is 0 Å². The van der Waals surface area contributed by atoms with Crippen LogP contribution in [0.4, 0.5) is 5.82 Å². The number of pyridine rings is 1. The van der Waals surface area contributed by atoms with Gasteiger partial charge in [-0.05, 0) is 18.6 Å². The van der Waals surface area contributed by atoms with E-state index < -0.39 is 0 Å². The molecule has 0 aromatic carbocycles. The van der Waals surface area contributed by atoms with E-state index in [4.69, 9.17) is 4.74 Å². The van der Waals surface area contributed by atoms with Gasteiger partial charge in [0.2, 0.25) is 0 Å². The van der Waals surface area contributed by atoms with E-state index in [1.165, 1.54) is 0 Å². The van der Waals surface area contributed by atoms with Gasteiger partial charge in [-0.1, -0.05) is 6.92 Å². The molecular formula is C15H18N6O.